The van der Waals surface area contributed by atoms with Crippen molar-refractivity contribution in [3.05, 3.63) is 71.7 Å². The van der Waals surface area contributed by atoms with Gasteiger partial charge >= 0.3 is 0 Å². The number of ether oxygens (including phenoxy) is 2. The average Bonchev–Trinajstić information content (AvgIpc) is 2.75. The second-order valence-electron chi connectivity index (χ2n) is 6.10. The van der Waals surface area contributed by atoms with Crippen molar-refractivity contribution in [1.82, 2.24) is 15.5 Å². The number of anilines is 2. The van der Waals surface area contributed by atoms with Gasteiger partial charge in [-0.15, -0.1) is 10.2 Å². The average molecular weight is 396 g/mol. The monoisotopic (exact) mass is 396 g/mol. The lowest BCUT2D eigenvalue weighted by atomic mass is 10.1. The van der Waals surface area contributed by atoms with Crippen molar-refractivity contribution in [2.75, 3.05) is 26.1 Å². The largest absolute Gasteiger partial charge is 0.493 e. The molecule has 150 valence electrons. The molecule has 7 nitrogen and oxygen atoms in total. The van der Waals surface area contributed by atoms with Crippen LogP contribution >= 0.6 is 0 Å². The number of hydrogen-bond donors (Lipinski definition) is 2. The van der Waals surface area contributed by atoms with Crippen LogP contribution in [0.25, 0.3) is 0 Å². The molecule has 0 aliphatic heterocycles. The lowest BCUT2D eigenvalue weighted by Gasteiger charge is -2.11. The van der Waals surface area contributed by atoms with Gasteiger partial charge in [0.1, 0.15) is 5.82 Å². The molecule has 29 heavy (non-hydrogen) atoms. The van der Waals surface area contributed by atoms with Crippen LogP contribution in [0.3, 0.4) is 0 Å². The zero-order chi connectivity index (χ0) is 20.6. The minimum atomic E-state index is -0.369. The fraction of sp³-hybridized carbons (Fsp3) is 0.190. The smallest absolute Gasteiger partial charge is 0.271 e. The van der Waals surface area contributed by atoms with E-state index in [1.165, 1.54) is 6.07 Å². The van der Waals surface area contributed by atoms with E-state index in [-0.39, 0.29) is 17.4 Å². The van der Waals surface area contributed by atoms with Crippen molar-refractivity contribution < 1.29 is 18.7 Å². The van der Waals surface area contributed by atoms with E-state index >= 15 is 0 Å². The molecule has 1 heterocycles. The highest BCUT2D eigenvalue weighted by Crippen LogP contribution is 2.30. The molecule has 0 spiro atoms. The normalized spacial score (nSPS) is 10.3. The minimum absolute atomic E-state index is 0.177. The van der Waals surface area contributed by atoms with Gasteiger partial charge in [0.2, 0.25) is 0 Å². The summed E-state index contributed by atoms with van der Waals surface area (Å²) in [5, 5.41) is 13.8. The first-order chi connectivity index (χ1) is 14.1. The molecule has 0 atom stereocenters. The molecular weight excluding hydrogens is 375 g/mol. The third-order valence-corrected chi connectivity index (χ3v) is 4.19. The molecule has 0 fully saturated rings. The Morgan fingerprint density at radius 1 is 1.00 bits per heavy atom. The Bertz CT molecular complexity index is 980. The van der Waals surface area contributed by atoms with Gasteiger partial charge < -0.3 is 20.1 Å². The Hall–Kier alpha value is -3.68. The summed E-state index contributed by atoms with van der Waals surface area (Å²) in [6.45, 7) is 0.299. The molecule has 0 saturated heterocycles. The van der Waals surface area contributed by atoms with Crippen molar-refractivity contribution in [2.45, 2.75) is 6.42 Å². The number of amides is 1. The van der Waals surface area contributed by atoms with Crippen molar-refractivity contribution in [1.29, 1.82) is 0 Å². The van der Waals surface area contributed by atoms with Gasteiger partial charge in [0.25, 0.3) is 5.91 Å². The molecule has 0 unspecified atom stereocenters. The lowest BCUT2D eigenvalue weighted by Crippen LogP contribution is -2.27. The Labute approximate surface area is 167 Å². The number of rotatable bonds is 8. The van der Waals surface area contributed by atoms with E-state index in [4.69, 9.17) is 9.47 Å². The van der Waals surface area contributed by atoms with Gasteiger partial charge in [0.05, 0.1) is 14.2 Å². The Morgan fingerprint density at radius 2 is 1.79 bits per heavy atom. The van der Waals surface area contributed by atoms with Gasteiger partial charge in [-0.2, -0.15) is 0 Å². The summed E-state index contributed by atoms with van der Waals surface area (Å²) in [5.74, 6) is 1.02. The van der Waals surface area contributed by atoms with Crippen molar-refractivity contribution in [2.24, 2.45) is 0 Å². The number of nitrogens with one attached hydrogen (secondary N) is 2. The number of benzene rings is 2. The summed E-state index contributed by atoms with van der Waals surface area (Å²) in [7, 11) is 3.12. The van der Waals surface area contributed by atoms with Crippen LogP contribution in [0.1, 0.15) is 16.1 Å². The molecule has 3 aromatic rings. The summed E-state index contributed by atoms with van der Waals surface area (Å²) in [5.41, 5.74) is 1.46. The Morgan fingerprint density at radius 3 is 2.48 bits per heavy atom. The van der Waals surface area contributed by atoms with Crippen LogP contribution in [0, 0.1) is 5.82 Å². The molecule has 3 rings (SSSR count). The first-order valence-corrected chi connectivity index (χ1v) is 8.95. The van der Waals surface area contributed by atoms with Gasteiger partial charge in [0.15, 0.2) is 23.0 Å². The molecule has 0 aliphatic rings. The molecule has 1 amide bonds. The number of aromatic nitrogens is 2. The molecule has 0 aliphatic carbocycles. The van der Waals surface area contributed by atoms with Gasteiger partial charge in [-0.05, 0) is 42.3 Å². The molecule has 2 N–H and O–H groups in total. The molecular formula is C21H21FN4O3. The SMILES string of the molecule is COc1ccc(Nc2ccc(C(=O)NCCc3ccccc3F)nn2)cc1OC. The molecule has 1 aromatic heterocycles. The third kappa shape index (κ3) is 5.19. The van der Waals surface area contributed by atoms with Crippen molar-refractivity contribution in [3.8, 4) is 11.5 Å². The highest BCUT2D eigenvalue weighted by Gasteiger charge is 2.10. The second-order valence-corrected chi connectivity index (χ2v) is 6.10. The summed E-state index contributed by atoms with van der Waals surface area (Å²) in [6.07, 6.45) is 0.394. The topological polar surface area (TPSA) is 85.4 Å². The van der Waals surface area contributed by atoms with Gasteiger partial charge in [-0.3, -0.25) is 4.79 Å². The van der Waals surface area contributed by atoms with Crippen molar-refractivity contribution >= 4 is 17.4 Å². The van der Waals surface area contributed by atoms with Gasteiger partial charge in [-0.25, -0.2) is 4.39 Å². The maximum absolute atomic E-state index is 13.6. The summed E-state index contributed by atoms with van der Waals surface area (Å²) in [6, 6.07) is 15.0. The Balaban J connectivity index is 1.57. The molecule has 2 aromatic carbocycles. The number of hydrogen-bond acceptors (Lipinski definition) is 6. The van der Waals surface area contributed by atoms with E-state index in [9.17, 15) is 9.18 Å². The summed E-state index contributed by atoms with van der Waals surface area (Å²) in [4.78, 5) is 12.2. The van der Waals surface area contributed by atoms with E-state index in [1.54, 1.807) is 56.7 Å². The molecule has 0 radical (unpaired) electrons. The highest BCUT2D eigenvalue weighted by atomic mass is 19.1. The van der Waals surface area contributed by atoms with Crippen LogP contribution in [-0.2, 0) is 6.42 Å². The maximum Gasteiger partial charge on any atom is 0.271 e. The van der Waals surface area contributed by atoms with E-state index in [0.29, 0.717) is 35.8 Å². The van der Waals surface area contributed by atoms with Crippen molar-refractivity contribution in [3.63, 3.8) is 0 Å². The highest BCUT2D eigenvalue weighted by molar-refractivity contribution is 5.92. The minimum Gasteiger partial charge on any atom is -0.493 e. The van der Waals surface area contributed by atoms with Gasteiger partial charge in [0, 0.05) is 18.3 Å². The van der Waals surface area contributed by atoms with E-state index in [1.807, 2.05) is 6.07 Å². The third-order valence-electron chi connectivity index (χ3n) is 4.19. The first kappa shape index (κ1) is 20.1. The standard InChI is InChI=1S/C21H21FN4O3/c1-28-18-9-7-15(13-19(18)29-2)24-20-10-8-17(25-26-20)21(27)23-12-11-14-5-3-4-6-16(14)22/h3-10,13H,11-12H2,1-2H3,(H,23,27)(H,24,26). The van der Waals surface area contributed by atoms with E-state index in [2.05, 4.69) is 20.8 Å². The number of carbonyl (C=O) groups is 1. The fourth-order valence-electron chi connectivity index (χ4n) is 2.68. The molecule has 0 saturated carbocycles. The van der Waals surface area contributed by atoms with Crippen LogP contribution in [0.4, 0.5) is 15.9 Å². The zero-order valence-corrected chi connectivity index (χ0v) is 16.1. The van der Waals surface area contributed by atoms with Crippen LogP contribution in [0.5, 0.6) is 11.5 Å². The quantitative estimate of drug-likeness (QED) is 0.607. The van der Waals surface area contributed by atoms with Gasteiger partial charge in [-0.1, -0.05) is 18.2 Å². The maximum atomic E-state index is 13.6. The lowest BCUT2D eigenvalue weighted by molar-refractivity contribution is 0.0948. The summed E-state index contributed by atoms with van der Waals surface area (Å²) >= 11 is 0. The predicted octanol–water partition coefficient (Wildman–Crippen LogP) is 3.35. The Kier molecular flexibility index (Phi) is 6.57. The molecule has 8 heteroatoms. The first-order valence-electron chi connectivity index (χ1n) is 8.95. The molecule has 0 bridgehead atoms. The van der Waals surface area contributed by atoms with E-state index < -0.39 is 0 Å². The van der Waals surface area contributed by atoms with Crippen LogP contribution in [0.15, 0.2) is 54.6 Å². The number of methoxy groups -OCH3 is 2. The van der Waals surface area contributed by atoms with Crippen LogP contribution in [-0.4, -0.2) is 36.9 Å². The number of halogens is 1. The van der Waals surface area contributed by atoms with E-state index in [0.717, 1.165) is 5.69 Å². The number of carbonyl (C=O) groups excluding carboxylic acids is 1. The number of nitrogens with zero attached hydrogens (tertiary/aromatic N) is 2. The fourth-order valence-corrected chi connectivity index (χ4v) is 2.68. The zero-order valence-electron chi connectivity index (χ0n) is 16.1. The summed E-state index contributed by atoms with van der Waals surface area (Å²) < 4.78 is 24.1. The second kappa shape index (κ2) is 9.50. The van der Waals surface area contributed by atoms with Crippen LogP contribution < -0.4 is 20.1 Å². The van der Waals surface area contributed by atoms with Crippen LogP contribution in [0.2, 0.25) is 0 Å². The predicted molar refractivity (Wildman–Crippen MR) is 107 cm³/mol.